The molecule has 0 saturated carbocycles. The van der Waals surface area contributed by atoms with E-state index in [0.717, 1.165) is 40.8 Å². The summed E-state index contributed by atoms with van der Waals surface area (Å²) in [4.78, 5) is 22.3. The Labute approximate surface area is 141 Å². The lowest BCUT2D eigenvalue weighted by Gasteiger charge is -2.16. The molecule has 23 heavy (non-hydrogen) atoms. The Kier molecular flexibility index (Phi) is 5.08. The second-order valence-corrected chi connectivity index (χ2v) is 7.24. The number of carbonyl (C=O) groups excluding carboxylic acids is 1. The van der Waals surface area contributed by atoms with Gasteiger partial charge in [-0.25, -0.2) is 4.98 Å². The van der Waals surface area contributed by atoms with Crippen LogP contribution in [-0.2, 0) is 13.1 Å². The van der Waals surface area contributed by atoms with Crippen molar-refractivity contribution in [2.75, 3.05) is 20.1 Å². The van der Waals surface area contributed by atoms with Crippen molar-refractivity contribution in [3.8, 4) is 0 Å². The molecule has 1 aromatic carbocycles. The molecule has 1 aromatic heterocycles. The van der Waals surface area contributed by atoms with Crippen LogP contribution in [0.5, 0.6) is 0 Å². The molecule has 0 spiro atoms. The fourth-order valence-electron chi connectivity index (χ4n) is 2.95. The second-order valence-electron chi connectivity index (χ2n) is 6.15. The number of aryl methyl sites for hydroxylation is 1. The van der Waals surface area contributed by atoms with Gasteiger partial charge in [-0.1, -0.05) is 30.3 Å². The first kappa shape index (κ1) is 16.1. The Morgan fingerprint density at radius 1 is 1.26 bits per heavy atom. The zero-order chi connectivity index (χ0) is 16.2. The maximum Gasteiger partial charge on any atom is 0.265 e. The van der Waals surface area contributed by atoms with Gasteiger partial charge in [0.2, 0.25) is 0 Å². The normalized spacial score (nSPS) is 15.0. The lowest BCUT2D eigenvalue weighted by molar-refractivity contribution is 0.0789. The van der Waals surface area contributed by atoms with Gasteiger partial charge in [-0.05, 0) is 38.4 Å². The quantitative estimate of drug-likeness (QED) is 0.844. The number of benzene rings is 1. The number of amides is 1. The number of nitrogens with zero attached hydrogens (tertiary/aromatic N) is 3. The van der Waals surface area contributed by atoms with Crippen LogP contribution in [0.3, 0.4) is 0 Å². The number of hydrogen-bond donors (Lipinski definition) is 0. The summed E-state index contributed by atoms with van der Waals surface area (Å²) in [6.07, 6.45) is 2.55. The molecule has 0 aliphatic carbocycles. The molecule has 5 heteroatoms. The number of aromatic nitrogens is 1. The molecule has 3 rings (SSSR count). The van der Waals surface area contributed by atoms with E-state index in [-0.39, 0.29) is 5.91 Å². The predicted octanol–water partition coefficient (Wildman–Crippen LogP) is 3.32. The Hall–Kier alpha value is -1.72. The first-order valence-electron chi connectivity index (χ1n) is 8.11. The van der Waals surface area contributed by atoms with Gasteiger partial charge < -0.3 is 4.90 Å². The van der Waals surface area contributed by atoms with Crippen LogP contribution < -0.4 is 0 Å². The van der Waals surface area contributed by atoms with Crippen LogP contribution in [0.15, 0.2) is 30.3 Å². The van der Waals surface area contributed by atoms with Gasteiger partial charge >= 0.3 is 0 Å². The van der Waals surface area contributed by atoms with Crippen LogP contribution >= 0.6 is 11.3 Å². The van der Waals surface area contributed by atoms with Gasteiger partial charge in [0, 0.05) is 13.6 Å². The van der Waals surface area contributed by atoms with E-state index < -0.39 is 0 Å². The third-order valence-corrected chi connectivity index (χ3v) is 5.33. The molecular formula is C18H23N3OS. The topological polar surface area (TPSA) is 36.4 Å². The first-order chi connectivity index (χ1) is 11.1. The largest absolute Gasteiger partial charge is 0.337 e. The molecular weight excluding hydrogens is 306 g/mol. The number of hydrogen-bond acceptors (Lipinski definition) is 4. The Bertz CT molecular complexity index is 662. The number of carbonyl (C=O) groups is 1. The van der Waals surface area contributed by atoms with E-state index in [2.05, 4.69) is 9.88 Å². The maximum absolute atomic E-state index is 12.7. The molecule has 2 heterocycles. The molecule has 0 atom stereocenters. The van der Waals surface area contributed by atoms with E-state index >= 15 is 0 Å². The predicted molar refractivity (Wildman–Crippen MR) is 93.6 cm³/mol. The molecule has 0 bridgehead atoms. The van der Waals surface area contributed by atoms with Crippen LogP contribution in [0.1, 0.15) is 38.8 Å². The van der Waals surface area contributed by atoms with Crippen LogP contribution in [0.2, 0.25) is 0 Å². The highest BCUT2D eigenvalue weighted by molar-refractivity contribution is 7.13. The van der Waals surface area contributed by atoms with Crippen molar-refractivity contribution in [1.82, 2.24) is 14.8 Å². The van der Waals surface area contributed by atoms with Crippen molar-refractivity contribution in [2.45, 2.75) is 32.9 Å². The molecule has 122 valence electrons. The van der Waals surface area contributed by atoms with E-state index in [4.69, 9.17) is 0 Å². The SMILES string of the molecule is Cc1nc(CN2CCCC2)sc1C(=O)N(C)Cc1ccccc1. The minimum absolute atomic E-state index is 0.0662. The van der Waals surface area contributed by atoms with Crippen LogP contribution in [0.25, 0.3) is 0 Å². The lowest BCUT2D eigenvalue weighted by Crippen LogP contribution is -2.26. The van der Waals surface area contributed by atoms with Gasteiger partial charge in [0.1, 0.15) is 9.88 Å². The highest BCUT2D eigenvalue weighted by Crippen LogP contribution is 2.23. The smallest absolute Gasteiger partial charge is 0.265 e. The molecule has 0 radical (unpaired) electrons. The summed E-state index contributed by atoms with van der Waals surface area (Å²) >= 11 is 1.55. The number of rotatable bonds is 5. The lowest BCUT2D eigenvalue weighted by atomic mass is 10.2. The maximum atomic E-state index is 12.7. The van der Waals surface area contributed by atoms with E-state index in [1.165, 1.54) is 12.8 Å². The minimum Gasteiger partial charge on any atom is -0.337 e. The van der Waals surface area contributed by atoms with Gasteiger partial charge in [-0.3, -0.25) is 9.69 Å². The van der Waals surface area contributed by atoms with Gasteiger partial charge in [0.05, 0.1) is 12.2 Å². The van der Waals surface area contributed by atoms with Crippen molar-refractivity contribution in [3.05, 3.63) is 51.5 Å². The molecule has 0 N–H and O–H groups in total. The zero-order valence-corrected chi connectivity index (χ0v) is 14.6. The van der Waals surface area contributed by atoms with Crippen molar-refractivity contribution < 1.29 is 4.79 Å². The Balaban J connectivity index is 1.67. The van der Waals surface area contributed by atoms with Gasteiger partial charge in [0.25, 0.3) is 5.91 Å². The molecule has 1 saturated heterocycles. The third kappa shape index (κ3) is 3.98. The first-order valence-corrected chi connectivity index (χ1v) is 8.93. The van der Waals surface area contributed by atoms with Crippen molar-refractivity contribution in [2.24, 2.45) is 0 Å². The number of thiazole rings is 1. The van der Waals surface area contributed by atoms with Crippen molar-refractivity contribution >= 4 is 17.2 Å². The van der Waals surface area contributed by atoms with Crippen LogP contribution in [0, 0.1) is 6.92 Å². The summed E-state index contributed by atoms with van der Waals surface area (Å²) in [5.74, 6) is 0.0662. The summed E-state index contributed by atoms with van der Waals surface area (Å²) in [7, 11) is 1.86. The standard InChI is InChI=1S/C18H23N3OS/c1-14-17(23-16(19-14)13-21-10-6-7-11-21)18(22)20(2)12-15-8-4-3-5-9-15/h3-5,8-9H,6-7,10-13H2,1-2H3. The van der Waals surface area contributed by atoms with Crippen molar-refractivity contribution in [3.63, 3.8) is 0 Å². The zero-order valence-electron chi connectivity index (χ0n) is 13.8. The highest BCUT2D eigenvalue weighted by atomic mass is 32.1. The number of likely N-dealkylation sites (tertiary alicyclic amines) is 1. The molecule has 1 amide bonds. The Morgan fingerprint density at radius 2 is 1.96 bits per heavy atom. The van der Waals surface area contributed by atoms with Crippen molar-refractivity contribution in [1.29, 1.82) is 0 Å². The molecule has 1 aliphatic heterocycles. The monoisotopic (exact) mass is 329 g/mol. The van der Waals surface area contributed by atoms with Gasteiger partial charge in [-0.15, -0.1) is 11.3 Å². The van der Waals surface area contributed by atoms with E-state index in [0.29, 0.717) is 6.54 Å². The van der Waals surface area contributed by atoms with Crippen LogP contribution in [0.4, 0.5) is 0 Å². The summed E-state index contributed by atoms with van der Waals surface area (Å²) in [6, 6.07) is 10.1. The fraction of sp³-hybridized carbons (Fsp3) is 0.444. The fourth-order valence-corrected chi connectivity index (χ4v) is 4.05. The van der Waals surface area contributed by atoms with Gasteiger partial charge in [0.15, 0.2) is 0 Å². The highest BCUT2D eigenvalue weighted by Gasteiger charge is 2.21. The summed E-state index contributed by atoms with van der Waals surface area (Å²) < 4.78 is 0. The molecule has 1 aliphatic rings. The minimum atomic E-state index is 0.0662. The molecule has 0 unspecified atom stereocenters. The molecule has 1 fully saturated rings. The Morgan fingerprint density at radius 3 is 2.65 bits per heavy atom. The third-order valence-electron chi connectivity index (χ3n) is 4.20. The summed E-state index contributed by atoms with van der Waals surface area (Å²) in [6.45, 7) is 5.73. The average Bonchev–Trinajstić information content (AvgIpc) is 3.17. The summed E-state index contributed by atoms with van der Waals surface area (Å²) in [5.41, 5.74) is 2.00. The van der Waals surface area contributed by atoms with E-state index in [9.17, 15) is 4.79 Å². The molecule has 4 nitrogen and oxygen atoms in total. The van der Waals surface area contributed by atoms with Gasteiger partial charge in [-0.2, -0.15) is 0 Å². The average molecular weight is 329 g/mol. The second kappa shape index (κ2) is 7.23. The van der Waals surface area contributed by atoms with Crippen LogP contribution in [-0.4, -0.2) is 40.8 Å². The molecule has 2 aromatic rings. The van der Waals surface area contributed by atoms with E-state index in [1.807, 2.05) is 44.3 Å². The van der Waals surface area contributed by atoms with E-state index in [1.54, 1.807) is 16.2 Å². The summed E-state index contributed by atoms with van der Waals surface area (Å²) in [5, 5.41) is 1.06.